The Balaban J connectivity index is 1.68. The molecule has 0 radical (unpaired) electrons. The van der Waals surface area contributed by atoms with E-state index in [1.807, 2.05) is 0 Å². The molecule has 1 heterocycles. The molecule has 0 aromatic heterocycles. The molecule has 94 valence electrons. The molecular weight excluding hydrogens is 208 g/mol. The summed E-state index contributed by atoms with van der Waals surface area (Å²) in [4.78, 5) is 2.59. The Morgan fingerprint density at radius 1 is 1.24 bits per heavy atom. The van der Waals surface area contributed by atoms with Crippen molar-refractivity contribution in [1.82, 2.24) is 4.90 Å². The van der Waals surface area contributed by atoms with Crippen molar-refractivity contribution >= 4 is 0 Å². The van der Waals surface area contributed by atoms with Crippen LogP contribution in [0.3, 0.4) is 0 Å². The summed E-state index contributed by atoms with van der Waals surface area (Å²) in [6.45, 7) is 4.57. The van der Waals surface area contributed by atoms with Gasteiger partial charge in [-0.2, -0.15) is 0 Å². The van der Waals surface area contributed by atoms with Crippen LogP contribution >= 0.6 is 0 Å². The molecule has 0 aliphatic carbocycles. The van der Waals surface area contributed by atoms with E-state index in [2.05, 4.69) is 35.2 Å². The monoisotopic (exact) mass is 232 g/mol. The molecule has 2 heteroatoms. The van der Waals surface area contributed by atoms with Gasteiger partial charge in [-0.1, -0.05) is 30.3 Å². The first-order valence-corrected chi connectivity index (χ1v) is 6.85. The lowest BCUT2D eigenvalue weighted by Gasteiger charge is -2.32. The van der Waals surface area contributed by atoms with Gasteiger partial charge in [0, 0.05) is 6.54 Å². The van der Waals surface area contributed by atoms with Gasteiger partial charge in [0.1, 0.15) is 0 Å². The average Bonchev–Trinajstić information content (AvgIpc) is 2.40. The van der Waals surface area contributed by atoms with Crippen LogP contribution in [0, 0.1) is 5.92 Å². The Labute approximate surface area is 105 Å². The molecular formula is C15H24N2. The molecule has 1 aliphatic heterocycles. The Bertz CT molecular complexity index is 310. The van der Waals surface area contributed by atoms with E-state index >= 15 is 0 Å². The van der Waals surface area contributed by atoms with E-state index in [0.717, 1.165) is 12.5 Å². The lowest BCUT2D eigenvalue weighted by Crippen LogP contribution is -2.38. The van der Waals surface area contributed by atoms with E-state index in [0.29, 0.717) is 0 Å². The van der Waals surface area contributed by atoms with Crippen molar-refractivity contribution in [3.8, 4) is 0 Å². The molecule has 1 saturated heterocycles. The first-order valence-electron chi connectivity index (χ1n) is 6.85. The fraction of sp³-hybridized carbons (Fsp3) is 0.600. The Hall–Kier alpha value is -0.860. The summed E-state index contributed by atoms with van der Waals surface area (Å²) in [5.41, 5.74) is 7.22. The van der Waals surface area contributed by atoms with E-state index in [1.165, 1.54) is 50.9 Å². The second-order valence-electron chi connectivity index (χ2n) is 5.13. The standard InChI is InChI=1S/C15H24N2/c16-12-15-9-5-11-17(13-15)10-4-8-14-6-2-1-3-7-14/h1-3,6-7,15H,4-5,8-13,16H2. The smallest absolute Gasteiger partial charge is 0.00217 e. The van der Waals surface area contributed by atoms with Gasteiger partial charge >= 0.3 is 0 Å². The van der Waals surface area contributed by atoms with Gasteiger partial charge in [0.05, 0.1) is 0 Å². The number of benzene rings is 1. The first kappa shape index (κ1) is 12.6. The van der Waals surface area contributed by atoms with E-state index in [1.54, 1.807) is 0 Å². The van der Waals surface area contributed by atoms with Crippen LogP contribution in [0.15, 0.2) is 30.3 Å². The van der Waals surface area contributed by atoms with Crippen molar-refractivity contribution in [2.45, 2.75) is 25.7 Å². The van der Waals surface area contributed by atoms with Crippen molar-refractivity contribution in [1.29, 1.82) is 0 Å². The lowest BCUT2D eigenvalue weighted by atomic mass is 9.98. The molecule has 1 fully saturated rings. The second kappa shape index (κ2) is 6.77. The molecule has 1 aromatic rings. The predicted molar refractivity (Wildman–Crippen MR) is 73.0 cm³/mol. The van der Waals surface area contributed by atoms with Gasteiger partial charge in [-0.25, -0.2) is 0 Å². The third-order valence-electron chi connectivity index (χ3n) is 3.72. The summed E-state index contributed by atoms with van der Waals surface area (Å²) >= 11 is 0. The van der Waals surface area contributed by atoms with Crippen LogP contribution in [0.25, 0.3) is 0 Å². The highest BCUT2D eigenvalue weighted by molar-refractivity contribution is 5.14. The summed E-state index contributed by atoms with van der Waals surface area (Å²) in [5.74, 6) is 0.737. The van der Waals surface area contributed by atoms with Gasteiger partial charge in [-0.3, -0.25) is 0 Å². The number of piperidine rings is 1. The molecule has 17 heavy (non-hydrogen) atoms. The predicted octanol–water partition coefficient (Wildman–Crippen LogP) is 2.29. The third kappa shape index (κ3) is 4.14. The SMILES string of the molecule is NCC1CCCN(CCCc2ccccc2)C1. The minimum atomic E-state index is 0.737. The first-order chi connectivity index (χ1) is 8.38. The minimum absolute atomic E-state index is 0.737. The summed E-state index contributed by atoms with van der Waals surface area (Å²) in [5, 5.41) is 0. The van der Waals surface area contributed by atoms with Gasteiger partial charge in [-0.05, 0) is 56.8 Å². The number of nitrogens with two attached hydrogens (primary N) is 1. The van der Waals surface area contributed by atoms with Crippen molar-refractivity contribution in [3.63, 3.8) is 0 Å². The molecule has 2 rings (SSSR count). The van der Waals surface area contributed by atoms with Crippen molar-refractivity contribution in [3.05, 3.63) is 35.9 Å². The molecule has 1 atom stereocenters. The topological polar surface area (TPSA) is 29.3 Å². The number of hydrogen-bond acceptors (Lipinski definition) is 2. The molecule has 0 saturated carbocycles. The van der Waals surface area contributed by atoms with Crippen LogP contribution in [0.4, 0.5) is 0 Å². The van der Waals surface area contributed by atoms with Crippen molar-refractivity contribution in [2.75, 3.05) is 26.2 Å². The highest BCUT2D eigenvalue weighted by Gasteiger charge is 2.17. The fourth-order valence-electron chi connectivity index (χ4n) is 2.70. The van der Waals surface area contributed by atoms with Gasteiger partial charge in [0.25, 0.3) is 0 Å². The zero-order valence-electron chi connectivity index (χ0n) is 10.6. The van der Waals surface area contributed by atoms with Gasteiger partial charge in [-0.15, -0.1) is 0 Å². The van der Waals surface area contributed by atoms with E-state index in [9.17, 15) is 0 Å². The molecule has 0 amide bonds. The number of likely N-dealkylation sites (tertiary alicyclic amines) is 1. The number of rotatable bonds is 5. The molecule has 2 N–H and O–H groups in total. The van der Waals surface area contributed by atoms with Crippen LogP contribution in [0.2, 0.25) is 0 Å². The molecule has 0 spiro atoms. The Morgan fingerprint density at radius 2 is 2.06 bits per heavy atom. The van der Waals surface area contributed by atoms with Crippen LogP contribution in [-0.4, -0.2) is 31.1 Å². The summed E-state index contributed by atoms with van der Waals surface area (Å²) in [7, 11) is 0. The van der Waals surface area contributed by atoms with Gasteiger partial charge in [0.15, 0.2) is 0 Å². The van der Waals surface area contributed by atoms with Crippen LogP contribution < -0.4 is 5.73 Å². The number of aryl methyl sites for hydroxylation is 1. The van der Waals surface area contributed by atoms with Crippen LogP contribution in [-0.2, 0) is 6.42 Å². The maximum Gasteiger partial charge on any atom is 0.00217 e. The molecule has 1 aliphatic rings. The molecule has 2 nitrogen and oxygen atoms in total. The second-order valence-corrected chi connectivity index (χ2v) is 5.13. The molecule has 0 bridgehead atoms. The fourth-order valence-corrected chi connectivity index (χ4v) is 2.70. The van der Waals surface area contributed by atoms with E-state index < -0.39 is 0 Å². The normalized spacial score (nSPS) is 21.6. The summed E-state index contributed by atoms with van der Waals surface area (Å²) in [6, 6.07) is 10.8. The summed E-state index contributed by atoms with van der Waals surface area (Å²) in [6.07, 6.45) is 5.12. The zero-order chi connectivity index (χ0) is 11.9. The highest BCUT2D eigenvalue weighted by atomic mass is 15.1. The van der Waals surface area contributed by atoms with E-state index in [4.69, 9.17) is 5.73 Å². The molecule has 1 unspecified atom stereocenters. The van der Waals surface area contributed by atoms with Crippen LogP contribution in [0.1, 0.15) is 24.8 Å². The van der Waals surface area contributed by atoms with Crippen LogP contribution in [0.5, 0.6) is 0 Å². The maximum absolute atomic E-state index is 5.76. The average molecular weight is 232 g/mol. The maximum atomic E-state index is 5.76. The lowest BCUT2D eigenvalue weighted by molar-refractivity contribution is 0.176. The van der Waals surface area contributed by atoms with Gasteiger partial charge < -0.3 is 10.6 Å². The van der Waals surface area contributed by atoms with E-state index in [-0.39, 0.29) is 0 Å². The summed E-state index contributed by atoms with van der Waals surface area (Å²) < 4.78 is 0. The highest BCUT2D eigenvalue weighted by Crippen LogP contribution is 2.15. The molecule has 1 aromatic carbocycles. The van der Waals surface area contributed by atoms with Crippen molar-refractivity contribution < 1.29 is 0 Å². The minimum Gasteiger partial charge on any atom is -0.330 e. The Kier molecular flexibility index (Phi) is 5.02. The zero-order valence-corrected chi connectivity index (χ0v) is 10.6. The third-order valence-corrected chi connectivity index (χ3v) is 3.72. The Morgan fingerprint density at radius 3 is 2.82 bits per heavy atom. The number of nitrogens with zero attached hydrogens (tertiary/aromatic N) is 1. The van der Waals surface area contributed by atoms with Gasteiger partial charge in [0.2, 0.25) is 0 Å². The quantitative estimate of drug-likeness (QED) is 0.844. The number of hydrogen-bond donors (Lipinski definition) is 1. The van der Waals surface area contributed by atoms with Crippen molar-refractivity contribution in [2.24, 2.45) is 11.7 Å². The largest absolute Gasteiger partial charge is 0.330 e.